The molecule has 1 aliphatic carbocycles. The minimum atomic E-state index is -4.40. The quantitative estimate of drug-likeness (QED) is 0.851. The third-order valence-electron chi connectivity index (χ3n) is 4.24. The van der Waals surface area contributed by atoms with Crippen LogP contribution >= 0.6 is 11.6 Å². The summed E-state index contributed by atoms with van der Waals surface area (Å²) >= 11 is 6.22. The predicted octanol–water partition coefficient (Wildman–Crippen LogP) is 2.76. The standard InChI is InChI=1S/C14H18ClNO5S/c1-16(22(17,18)19)13-12(10-6-2-3-7-11(10)15)20-14(21-13)8-4-5-9-14/h2-3,6-7,12-13H,4-5,8-9H2,1H3,(H,17,18,19). The van der Waals surface area contributed by atoms with Crippen molar-refractivity contribution in [1.29, 1.82) is 0 Å². The fraction of sp³-hybridized carbons (Fsp3) is 0.571. The largest absolute Gasteiger partial charge is 0.338 e. The van der Waals surface area contributed by atoms with E-state index in [1.807, 2.05) is 0 Å². The molecule has 0 radical (unpaired) electrons. The Morgan fingerprint density at radius 2 is 1.91 bits per heavy atom. The van der Waals surface area contributed by atoms with Crippen LogP contribution in [0.5, 0.6) is 0 Å². The lowest BCUT2D eigenvalue weighted by Crippen LogP contribution is -2.40. The molecule has 0 bridgehead atoms. The summed E-state index contributed by atoms with van der Waals surface area (Å²) in [5, 5.41) is 0.472. The number of halogens is 1. The Morgan fingerprint density at radius 1 is 1.27 bits per heavy atom. The topological polar surface area (TPSA) is 76.1 Å². The maximum Gasteiger partial charge on any atom is 0.337 e. The Morgan fingerprint density at radius 3 is 2.50 bits per heavy atom. The van der Waals surface area contributed by atoms with E-state index in [4.69, 9.17) is 21.1 Å². The van der Waals surface area contributed by atoms with E-state index in [9.17, 15) is 13.0 Å². The lowest BCUT2D eigenvalue weighted by molar-refractivity contribution is -0.176. The van der Waals surface area contributed by atoms with Crippen molar-refractivity contribution in [3.63, 3.8) is 0 Å². The molecule has 122 valence electrons. The number of benzene rings is 1. The molecular weight excluding hydrogens is 330 g/mol. The lowest BCUT2D eigenvalue weighted by atomic mass is 10.1. The SMILES string of the molecule is CN(C1OC2(CCCC2)OC1c1ccccc1Cl)S(=O)(=O)O. The van der Waals surface area contributed by atoms with Crippen molar-refractivity contribution in [3.8, 4) is 0 Å². The molecular formula is C14H18ClNO5S. The van der Waals surface area contributed by atoms with E-state index >= 15 is 0 Å². The van der Waals surface area contributed by atoms with Crippen LogP contribution in [-0.4, -0.2) is 36.3 Å². The van der Waals surface area contributed by atoms with Crippen molar-refractivity contribution in [2.45, 2.75) is 43.8 Å². The number of likely N-dealkylation sites (N-methyl/N-ethyl adjacent to an activating group) is 1. The first-order chi connectivity index (χ1) is 10.3. The summed E-state index contributed by atoms with van der Waals surface area (Å²) in [7, 11) is -3.14. The van der Waals surface area contributed by atoms with Crippen LogP contribution in [0.2, 0.25) is 5.02 Å². The molecule has 2 aliphatic rings. The number of hydrogen-bond donors (Lipinski definition) is 1. The fourth-order valence-electron chi connectivity index (χ4n) is 3.07. The zero-order valence-corrected chi connectivity index (χ0v) is 13.7. The third kappa shape index (κ3) is 2.89. The lowest BCUT2D eigenvalue weighted by Gasteiger charge is -2.25. The Bertz CT molecular complexity index is 659. The number of hydrogen-bond acceptors (Lipinski definition) is 4. The first-order valence-corrected chi connectivity index (χ1v) is 8.90. The normalized spacial score (nSPS) is 27.8. The van der Waals surface area contributed by atoms with Crippen LogP contribution in [0, 0.1) is 0 Å². The van der Waals surface area contributed by atoms with Gasteiger partial charge in [0.2, 0.25) is 0 Å². The molecule has 1 heterocycles. The summed E-state index contributed by atoms with van der Waals surface area (Å²) in [5.74, 6) is -0.798. The first-order valence-electron chi connectivity index (χ1n) is 7.13. The molecule has 2 atom stereocenters. The Hall–Kier alpha value is -0.700. The molecule has 2 unspecified atom stereocenters. The molecule has 0 aromatic heterocycles. The monoisotopic (exact) mass is 347 g/mol. The van der Waals surface area contributed by atoms with Gasteiger partial charge in [-0.15, -0.1) is 0 Å². The molecule has 1 aliphatic heterocycles. The maximum atomic E-state index is 11.5. The van der Waals surface area contributed by atoms with E-state index < -0.39 is 28.4 Å². The Balaban J connectivity index is 1.99. The molecule has 6 nitrogen and oxygen atoms in total. The van der Waals surface area contributed by atoms with Crippen molar-refractivity contribution in [1.82, 2.24) is 4.31 Å². The number of nitrogens with zero attached hydrogens (tertiary/aromatic N) is 1. The van der Waals surface area contributed by atoms with Gasteiger partial charge >= 0.3 is 10.3 Å². The minimum absolute atomic E-state index is 0.472. The second kappa shape index (κ2) is 5.74. The van der Waals surface area contributed by atoms with Crippen LogP contribution in [0.3, 0.4) is 0 Å². The fourth-order valence-corrected chi connectivity index (χ4v) is 3.73. The molecule has 0 amide bonds. The molecule has 1 N–H and O–H groups in total. The molecule has 1 aromatic rings. The average molecular weight is 348 g/mol. The van der Waals surface area contributed by atoms with Crippen molar-refractivity contribution >= 4 is 21.9 Å². The molecule has 2 fully saturated rings. The highest BCUT2D eigenvalue weighted by Gasteiger charge is 2.53. The number of ether oxygens (including phenoxy) is 2. The van der Waals surface area contributed by atoms with E-state index in [0.29, 0.717) is 23.4 Å². The van der Waals surface area contributed by atoms with E-state index in [-0.39, 0.29) is 0 Å². The average Bonchev–Trinajstić information content (AvgIpc) is 3.05. The van der Waals surface area contributed by atoms with Gasteiger partial charge in [-0.3, -0.25) is 4.55 Å². The minimum Gasteiger partial charge on any atom is -0.338 e. The van der Waals surface area contributed by atoms with E-state index in [1.165, 1.54) is 7.05 Å². The van der Waals surface area contributed by atoms with Crippen molar-refractivity contribution in [2.75, 3.05) is 7.05 Å². The summed E-state index contributed by atoms with van der Waals surface area (Å²) in [5.41, 5.74) is 0.647. The Kier molecular flexibility index (Phi) is 4.22. The predicted molar refractivity (Wildman–Crippen MR) is 80.7 cm³/mol. The van der Waals surface area contributed by atoms with Crippen molar-refractivity contribution < 1.29 is 22.4 Å². The highest BCUT2D eigenvalue weighted by molar-refractivity contribution is 7.83. The first kappa shape index (κ1) is 16.2. The van der Waals surface area contributed by atoms with Crippen molar-refractivity contribution in [2.24, 2.45) is 0 Å². The van der Waals surface area contributed by atoms with Gasteiger partial charge in [0.1, 0.15) is 6.10 Å². The molecule has 1 spiro atoms. The highest BCUT2D eigenvalue weighted by Crippen LogP contribution is 2.49. The zero-order chi connectivity index (χ0) is 16.0. The van der Waals surface area contributed by atoms with E-state index in [2.05, 4.69) is 0 Å². The molecule has 1 saturated heterocycles. The molecule has 1 aromatic carbocycles. The van der Waals surface area contributed by atoms with Crippen molar-refractivity contribution in [3.05, 3.63) is 34.9 Å². The van der Waals surface area contributed by atoms with Gasteiger partial charge in [-0.1, -0.05) is 29.8 Å². The summed E-state index contributed by atoms with van der Waals surface area (Å²) in [6, 6.07) is 7.07. The second-order valence-corrected chi connectivity index (χ2v) is 7.56. The summed E-state index contributed by atoms with van der Waals surface area (Å²) < 4.78 is 45.1. The van der Waals surface area contributed by atoms with Gasteiger partial charge in [0.15, 0.2) is 12.0 Å². The van der Waals surface area contributed by atoms with Gasteiger partial charge in [-0.2, -0.15) is 12.7 Å². The van der Waals surface area contributed by atoms with Crippen LogP contribution < -0.4 is 0 Å². The van der Waals surface area contributed by atoms with Crippen LogP contribution in [0.25, 0.3) is 0 Å². The second-order valence-electron chi connectivity index (χ2n) is 5.68. The van der Waals surface area contributed by atoms with Gasteiger partial charge in [0, 0.05) is 30.5 Å². The zero-order valence-electron chi connectivity index (χ0n) is 12.1. The maximum absolute atomic E-state index is 11.5. The van der Waals surface area contributed by atoms with E-state index in [0.717, 1.165) is 17.1 Å². The molecule has 22 heavy (non-hydrogen) atoms. The Labute approximate surface area is 134 Å². The van der Waals surface area contributed by atoms with Gasteiger partial charge in [-0.05, 0) is 18.9 Å². The van der Waals surface area contributed by atoms with E-state index in [1.54, 1.807) is 24.3 Å². The summed E-state index contributed by atoms with van der Waals surface area (Å²) in [6.45, 7) is 0. The summed E-state index contributed by atoms with van der Waals surface area (Å²) in [6.07, 6.45) is 1.68. The highest BCUT2D eigenvalue weighted by atomic mass is 35.5. The van der Waals surface area contributed by atoms with Crippen LogP contribution in [-0.2, 0) is 19.8 Å². The molecule has 8 heteroatoms. The molecule has 1 saturated carbocycles. The smallest absolute Gasteiger partial charge is 0.337 e. The van der Waals surface area contributed by atoms with Gasteiger partial charge < -0.3 is 9.47 Å². The van der Waals surface area contributed by atoms with Crippen LogP contribution in [0.1, 0.15) is 37.4 Å². The third-order valence-corrected chi connectivity index (χ3v) is 5.52. The summed E-state index contributed by atoms with van der Waals surface area (Å²) in [4.78, 5) is 0. The van der Waals surface area contributed by atoms with Gasteiger partial charge in [0.05, 0.1) is 0 Å². The van der Waals surface area contributed by atoms with Crippen LogP contribution in [0.15, 0.2) is 24.3 Å². The van der Waals surface area contributed by atoms with Crippen LogP contribution in [0.4, 0.5) is 0 Å². The molecule has 3 rings (SSSR count). The van der Waals surface area contributed by atoms with Gasteiger partial charge in [0.25, 0.3) is 0 Å². The van der Waals surface area contributed by atoms with Gasteiger partial charge in [-0.25, -0.2) is 0 Å². The number of rotatable bonds is 3.